The van der Waals surface area contributed by atoms with Gasteiger partial charge in [-0.1, -0.05) is 23.7 Å². The molecule has 1 heterocycles. The fourth-order valence-corrected chi connectivity index (χ4v) is 3.85. The van der Waals surface area contributed by atoms with Crippen LogP contribution in [0, 0.1) is 5.41 Å². The fraction of sp³-hybridized carbons (Fsp3) is 0.650. The van der Waals surface area contributed by atoms with E-state index in [0.717, 1.165) is 69.0 Å². The molecule has 1 saturated carbocycles. The number of aliphatic imine (C=N–C) groups is 1. The van der Waals surface area contributed by atoms with E-state index in [1.807, 2.05) is 25.2 Å². The topological polar surface area (TPSA) is 40.1 Å². The van der Waals surface area contributed by atoms with Crippen LogP contribution in [0.1, 0.15) is 26.2 Å². The van der Waals surface area contributed by atoms with E-state index in [4.69, 9.17) is 16.3 Å². The van der Waals surface area contributed by atoms with Crippen molar-refractivity contribution in [2.75, 3.05) is 57.9 Å². The molecule has 0 bridgehead atoms. The third-order valence-electron chi connectivity index (χ3n) is 5.54. The average molecular weight is 379 g/mol. The van der Waals surface area contributed by atoms with E-state index in [0.29, 0.717) is 5.41 Å². The van der Waals surface area contributed by atoms with Crippen LogP contribution in [0.3, 0.4) is 0 Å². The zero-order valence-electron chi connectivity index (χ0n) is 16.0. The highest BCUT2D eigenvalue weighted by Gasteiger charge is 2.42. The van der Waals surface area contributed by atoms with Crippen molar-refractivity contribution in [3.8, 4) is 0 Å². The van der Waals surface area contributed by atoms with Crippen LogP contribution in [0.2, 0.25) is 5.02 Å². The van der Waals surface area contributed by atoms with E-state index >= 15 is 0 Å². The molecule has 0 aromatic heterocycles. The van der Waals surface area contributed by atoms with Gasteiger partial charge in [0.15, 0.2) is 5.96 Å². The van der Waals surface area contributed by atoms with Crippen LogP contribution < -0.4 is 10.2 Å². The van der Waals surface area contributed by atoms with Crippen molar-refractivity contribution >= 4 is 23.2 Å². The normalized spacial score (nSPS) is 19.6. The summed E-state index contributed by atoms with van der Waals surface area (Å²) in [6, 6.07) is 8.08. The SMILES string of the molecule is CCOCCC1(CNC(=NC)N2CCN(c3ccccc3Cl)CC2)CC1. The molecule has 26 heavy (non-hydrogen) atoms. The Bertz CT molecular complexity index is 610. The number of anilines is 1. The Balaban J connectivity index is 1.48. The molecule has 1 N–H and O–H groups in total. The lowest BCUT2D eigenvalue weighted by Crippen LogP contribution is -2.53. The summed E-state index contributed by atoms with van der Waals surface area (Å²) in [5.41, 5.74) is 1.55. The minimum atomic E-state index is 0.421. The van der Waals surface area contributed by atoms with Gasteiger partial charge in [-0.2, -0.15) is 0 Å². The molecule has 144 valence electrons. The average Bonchev–Trinajstić information content (AvgIpc) is 3.44. The summed E-state index contributed by atoms with van der Waals surface area (Å²) in [6.45, 7) is 8.56. The van der Waals surface area contributed by atoms with E-state index in [1.54, 1.807) is 0 Å². The Morgan fingerprint density at radius 3 is 2.58 bits per heavy atom. The molecule has 2 aliphatic rings. The zero-order chi connectivity index (χ0) is 18.4. The Morgan fingerprint density at radius 1 is 1.23 bits per heavy atom. The highest BCUT2D eigenvalue weighted by Crippen LogP contribution is 2.48. The van der Waals surface area contributed by atoms with Crippen molar-refractivity contribution in [2.45, 2.75) is 26.2 Å². The molecule has 1 aromatic carbocycles. The molecule has 3 rings (SSSR count). The summed E-state index contributed by atoms with van der Waals surface area (Å²) < 4.78 is 5.54. The number of hydrogen-bond acceptors (Lipinski definition) is 3. The largest absolute Gasteiger partial charge is 0.382 e. The lowest BCUT2D eigenvalue weighted by molar-refractivity contribution is 0.128. The highest BCUT2D eigenvalue weighted by atomic mass is 35.5. The third-order valence-corrected chi connectivity index (χ3v) is 5.86. The number of halogens is 1. The van der Waals surface area contributed by atoms with E-state index in [9.17, 15) is 0 Å². The fourth-order valence-electron chi connectivity index (χ4n) is 3.59. The van der Waals surface area contributed by atoms with Crippen LogP contribution in [0.25, 0.3) is 0 Å². The quantitative estimate of drug-likeness (QED) is 0.449. The number of rotatable bonds is 7. The Kier molecular flexibility index (Phi) is 6.65. The Hall–Kier alpha value is -1.46. The van der Waals surface area contributed by atoms with Crippen molar-refractivity contribution in [2.24, 2.45) is 10.4 Å². The number of benzene rings is 1. The summed E-state index contributed by atoms with van der Waals surface area (Å²) in [5, 5.41) is 4.44. The minimum absolute atomic E-state index is 0.421. The Labute approximate surface area is 162 Å². The molecule has 0 spiro atoms. The van der Waals surface area contributed by atoms with Crippen LogP contribution in [-0.2, 0) is 4.74 Å². The van der Waals surface area contributed by atoms with E-state index in [2.05, 4.69) is 33.1 Å². The van der Waals surface area contributed by atoms with Gasteiger partial charge in [0.25, 0.3) is 0 Å². The maximum absolute atomic E-state index is 6.34. The van der Waals surface area contributed by atoms with Crippen LogP contribution in [0.4, 0.5) is 5.69 Å². The predicted octanol–water partition coefficient (Wildman–Crippen LogP) is 3.24. The van der Waals surface area contributed by atoms with Gasteiger partial charge < -0.3 is 19.9 Å². The molecular weight excluding hydrogens is 348 g/mol. The van der Waals surface area contributed by atoms with Gasteiger partial charge in [0.1, 0.15) is 0 Å². The molecule has 1 aliphatic heterocycles. The first-order valence-corrected chi connectivity index (χ1v) is 10.1. The second-order valence-corrected chi connectivity index (χ2v) is 7.68. The molecule has 0 unspecified atom stereocenters. The molecular formula is C20H31ClN4O. The molecule has 2 fully saturated rings. The van der Waals surface area contributed by atoms with E-state index < -0.39 is 0 Å². The maximum atomic E-state index is 6.34. The van der Waals surface area contributed by atoms with Crippen LogP contribution in [-0.4, -0.2) is 63.8 Å². The minimum Gasteiger partial charge on any atom is -0.382 e. The van der Waals surface area contributed by atoms with Crippen LogP contribution in [0.5, 0.6) is 0 Å². The second kappa shape index (κ2) is 8.96. The lowest BCUT2D eigenvalue weighted by atomic mass is 10.0. The number of nitrogens with zero attached hydrogens (tertiary/aromatic N) is 3. The van der Waals surface area contributed by atoms with Crippen molar-refractivity contribution < 1.29 is 4.74 Å². The van der Waals surface area contributed by atoms with Crippen LogP contribution >= 0.6 is 11.6 Å². The van der Waals surface area contributed by atoms with Gasteiger partial charge in [-0.3, -0.25) is 4.99 Å². The molecule has 0 radical (unpaired) electrons. The van der Waals surface area contributed by atoms with Gasteiger partial charge in [0, 0.05) is 53.0 Å². The molecule has 0 atom stereocenters. The van der Waals surface area contributed by atoms with Gasteiger partial charge >= 0.3 is 0 Å². The zero-order valence-corrected chi connectivity index (χ0v) is 16.8. The summed E-state index contributed by atoms with van der Waals surface area (Å²) >= 11 is 6.34. The first kappa shape index (κ1) is 19.3. The molecule has 1 aromatic rings. The summed E-state index contributed by atoms with van der Waals surface area (Å²) in [4.78, 5) is 9.22. The third kappa shape index (κ3) is 4.83. The van der Waals surface area contributed by atoms with Crippen LogP contribution in [0.15, 0.2) is 29.3 Å². The van der Waals surface area contributed by atoms with Crippen molar-refractivity contribution in [1.29, 1.82) is 0 Å². The van der Waals surface area contributed by atoms with E-state index in [-0.39, 0.29) is 0 Å². The summed E-state index contributed by atoms with van der Waals surface area (Å²) in [5.74, 6) is 1.02. The lowest BCUT2D eigenvalue weighted by Gasteiger charge is -2.38. The van der Waals surface area contributed by atoms with Gasteiger partial charge in [0.05, 0.1) is 10.7 Å². The van der Waals surface area contributed by atoms with Crippen molar-refractivity contribution in [3.05, 3.63) is 29.3 Å². The molecule has 6 heteroatoms. The van der Waals surface area contributed by atoms with Gasteiger partial charge in [-0.25, -0.2) is 0 Å². The number of ether oxygens (including phenoxy) is 1. The highest BCUT2D eigenvalue weighted by molar-refractivity contribution is 6.33. The number of piperazine rings is 1. The van der Waals surface area contributed by atoms with E-state index in [1.165, 1.54) is 12.8 Å². The van der Waals surface area contributed by atoms with Crippen molar-refractivity contribution in [1.82, 2.24) is 10.2 Å². The first-order chi connectivity index (χ1) is 12.7. The van der Waals surface area contributed by atoms with Gasteiger partial charge in [0.2, 0.25) is 0 Å². The van der Waals surface area contributed by atoms with Gasteiger partial charge in [-0.15, -0.1) is 0 Å². The number of guanidine groups is 1. The van der Waals surface area contributed by atoms with Gasteiger partial charge in [-0.05, 0) is 43.7 Å². The predicted molar refractivity (Wildman–Crippen MR) is 109 cm³/mol. The molecule has 1 saturated heterocycles. The molecule has 0 amide bonds. The maximum Gasteiger partial charge on any atom is 0.193 e. The monoisotopic (exact) mass is 378 g/mol. The summed E-state index contributed by atoms with van der Waals surface area (Å²) in [6.07, 6.45) is 3.74. The number of hydrogen-bond donors (Lipinski definition) is 1. The standard InChI is InChI=1S/C20H31ClN4O/c1-3-26-15-10-20(8-9-20)16-23-19(22-2)25-13-11-24(12-14-25)18-7-5-4-6-17(18)21/h4-7H,3,8-16H2,1-2H3,(H,22,23). The number of para-hydroxylation sites is 1. The number of nitrogens with one attached hydrogen (secondary N) is 1. The molecule has 1 aliphatic carbocycles. The summed E-state index contributed by atoms with van der Waals surface area (Å²) in [7, 11) is 1.88. The Morgan fingerprint density at radius 2 is 1.96 bits per heavy atom. The smallest absolute Gasteiger partial charge is 0.193 e. The first-order valence-electron chi connectivity index (χ1n) is 9.70. The second-order valence-electron chi connectivity index (χ2n) is 7.27. The van der Waals surface area contributed by atoms with Crippen molar-refractivity contribution in [3.63, 3.8) is 0 Å². The molecule has 5 nitrogen and oxygen atoms in total.